The van der Waals surface area contributed by atoms with Crippen LogP contribution in [0.15, 0.2) is 36.7 Å². The largest absolute Gasteiger partial charge is 0.491 e. The van der Waals surface area contributed by atoms with Crippen LogP contribution in [-0.4, -0.2) is 46.8 Å². The van der Waals surface area contributed by atoms with Crippen molar-refractivity contribution in [3.63, 3.8) is 0 Å². The molecule has 0 radical (unpaired) electrons. The average Bonchev–Trinajstić information content (AvgIpc) is 3.16. The van der Waals surface area contributed by atoms with Crippen molar-refractivity contribution in [2.24, 2.45) is 0 Å². The molecule has 1 fully saturated rings. The second kappa shape index (κ2) is 8.85. The zero-order chi connectivity index (χ0) is 21.2. The van der Waals surface area contributed by atoms with Gasteiger partial charge in [0.1, 0.15) is 23.3 Å². The van der Waals surface area contributed by atoms with E-state index in [9.17, 15) is 0 Å². The monoisotopic (exact) mass is 423 g/mol. The van der Waals surface area contributed by atoms with Crippen molar-refractivity contribution in [2.45, 2.75) is 58.0 Å². The van der Waals surface area contributed by atoms with Gasteiger partial charge in [-0.2, -0.15) is 5.10 Å². The Morgan fingerprint density at radius 3 is 2.71 bits per heavy atom. The summed E-state index contributed by atoms with van der Waals surface area (Å²) in [5.74, 6) is 1.54. The Labute approximate surface area is 182 Å². The standard InChI is InChI=1S/C24H29N3O4/c1-16-8-10-28-15-17(2)31-20-11-18(13-25-14-20)24-21-12-19(30-16)6-7-22(21)27(26-24)23-5-3-4-9-29-23/h6-7,11-14,16-17,23H,3-5,8-10,15H2,1-2H3/t16-,17+,23?/m1/s1. The Bertz CT molecular complexity index is 1040. The van der Waals surface area contributed by atoms with E-state index in [-0.39, 0.29) is 18.4 Å². The van der Waals surface area contributed by atoms with Gasteiger partial charge in [0.05, 0.1) is 31.0 Å². The van der Waals surface area contributed by atoms with Gasteiger partial charge in [0.15, 0.2) is 6.23 Å². The normalized spacial score (nSPS) is 24.8. The van der Waals surface area contributed by atoms with Gasteiger partial charge in [-0.15, -0.1) is 0 Å². The predicted molar refractivity (Wildman–Crippen MR) is 117 cm³/mol. The number of hydrogen-bond donors (Lipinski definition) is 0. The summed E-state index contributed by atoms with van der Waals surface area (Å²) in [6.45, 7) is 5.98. The molecule has 0 saturated carbocycles. The molecule has 164 valence electrons. The second-order valence-electron chi connectivity index (χ2n) is 8.42. The first-order valence-electron chi connectivity index (χ1n) is 11.2. The third kappa shape index (κ3) is 4.38. The van der Waals surface area contributed by atoms with Crippen LogP contribution in [0.4, 0.5) is 0 Å². The molecule has 0 aliphatic carbocycles. The van der Waals surface area contributed by atoms with E-state index in [0.29, 0.717) is 19.0 Å². The number of aromatic nitrogens is 3. The summed E-state index contributed by atoms with van der Waals surface area (Å²) < 4.78 is 26.1. The van der Waals surface area contributed by atoms with Crippen LogP contribution >= 0.6 is 0 Å². The van der Waals surface area contributed by atoms with Crippen LogP contribution in [-0.2, 0) is 9.47 Å². The molecule has 1 saturated heterocycles. The van der Waals surface area contributed by atoms with Crippen molar-refractivity contribution in [1.29, 1.82) is 0 Å². The highest BCUT2D eigenvalue weighted by Gasteiger charge is 2.23. The van der Waals surface area contributed by atoms with Crippen LogP contribution in [0.2, 0.25) is 0 Å². The molecule has 7 heteroatoms. The van der Waals surface area contributed by atoms with Crippen molar-refractivity contribution in [1.82, 2.24) is 14.8 Å². The molecule has 2 aliphatic rings. The maximum Gasteiger partial charge on any atom is 0.150 e. The van der Waals surface area contributed by atoms with E-state index in [2.05, 4.69) is 24.0 Å². The average molecular weight is 424 g/mol. The Morgan fingerprint density at radius 1 is 0.935 bits per heavy atom. The van der Waals surface area contributed by atoms with Crippen LogP contribution in [0, 0.1) is 0 Å². The van der Waals surface area contributed by atoms with Crippen LogP contribution in [0.3, 0.4) is 0 Å². The van der Waals surface area contributed by atoms with Crippen LogP contribution in [0.25, 0.3) is 22.2 Å². The molecule has 31 heavy (non-hydrogen) atoms. The second-order valence-corrected chi connectivity index (χ2v) is 8.42. The molecule has 4 heterocycles. The van der Waals surface area contributed by atoms with Gasteiger partial charge in [-0.25, -0.2) is 4.68 Å². The molecule has 1 aromatic carbocycles. The Kier molecular flexibility index (Phi) is 5.78. The number of ether oxygens (including phenoxy) is 4. The molecule has 2 aliphatic heterocycles. The summed E-state index contributed by atoms with van der Waals surface area (Å²) >= 11 is 0. The Morgan fingerprint density at radius 2 is 1.84 bits per heavy atom. The third-order valence-corrected chi connectivity index (χ3v) is 5.79. The number of hydrogen-bond acceptors (Lipinski definition) is 6. The fraction of sp³-hybridized carbons (Fsp3) is 0.500. The summed E-state index contributed by atoms with van der Waals surface area (Å²) in [4.78, 5) is 4.41. The molecule has 3 aromatic rings. The molecule has 0 amide bonds. The SMILES string of the molecule is C[C@@H]1CCOC[C@H](C)Oc2cncc(c2)-c2nn(C3CCCCO3)c3ccc(cc23)O1. The summed E-state index contributed by atoms with van der Waals surface area (Å²) in [5.41, 5.74) is 2.80. The van der Waals surface area contributed by atoms with Gasteiger partial charge in [-0.3, -0.25) is 4.98 Å². The van der Waals surface area contributed by atoms with Crippen LogP contribution in [0.1, 0.15) is 45.8 Å². The molecule has 0 N–H and O–H groups in total. The van der Waals surface area contributed by atoms with Gasteiger partial charge in [0.2, 0.25) is 0 Å². The molecule has 5 rings (SSSR count). The summed E-state index contributed by atoms with van der Waals surface area (Å²) in [6.07, 6.45) is 7.50. The van der Waals surface area contributed by atoms with Crippen LogP contribution < -0.4 is 9.47 Å². The van der Waals surface area contributed by atoms with Crippen molar-refractivity contribution < 1.29 is 18.9 Å². The fourth-order valence-electron chi connectivity index (χ4n) is 4.21. The van der Waals surface area contributed by atoms with Gasteiger partial charge in [-0.05, 0) is 57.4 Å². The lowest BCUT2D eigenvalue weighted by Crippen LogP contribution is -2.21. The zero-order valence-corrected chi connectivity index (χ0v) is 18.1. The minimum atomic E-state index is -0.0762. The maximum atomic E-state index is 6.19. The number of fused-ring (bicyclic) bond motifs is 4. The van der Waals surface area contributed by atoms with E-state index in [0.717, 1.165) is 60.2 Å². The zero-order valence-electron chi connectivity index (χ0n) is 18.1. The van der Waals surface area contributed by atoms with Crippen LogP contribution in [0.5, 0.6) is 11.5 Å². The van der Waals surface area contributed by atoms with E-state index < -0.39 is 0 Å². The van der Waals surface area contributed by atoms with Gasteiger partial charge in [0.25, 0.3) is 0 Å². The molecule has 4 bridgehead atoms. The molecular formula is C24H29N3O4. The molecular weight excluding hydrogens is 394 g/mol. The summed E-state index contributed by atoms with van der Waals surface area (Å²) in [7, 11) is 0. The minimum Gasteiger partial charge on any atom is -0.491 e. The van der Waals surface area contributed by atoms with Gasteiger partial charge in [0, 0.05) is 30.2 Å². The Hall–Kier alpha value is -2.64. The number of nitrogens with zero attached hydrogens (tertiary/aromatic N) is 3. The lowest BCUT2D eigenvalue weighted by Gasteiger charge is -2.23. The highest BCUT2D eigenvalue weighted by Crippen LogP contribution is 2.35. The molecule has 7 nitrogen and oxygen atoms in total. The van der Waals surface area contributed by atoms with E-state index in [1.165, 1.54) is 0 Å². The number of rotatable bonds is 1. The van der Waals surface area contributed by atoms with E-state index in [1.807, 2.05) is 29.9 Å². The highest BCUT2D eigenvalue weighted by atomic mass is 16.5. The van der Waals surface area contributed by atoms with Gasteiger partial charge < -0.3 is 18.9 Å². The first kappa shape index (κ1) is 20.3. The van der Waals surface area contributed by atoms with E-state index >= 15 is 0 Å². The van der Waals surface area contributed by atoms with Crippen molar-refractivity contribution in [2.75, 3.05) is 19.8 Å². The molecule has 1 unspecified atom stereocenters. The summed E-state index contributed by atoms with van der Waals surface area (Å²) in [5, 5.41) is 6.02. The Balaban J connectivity index is 1.63. The fourth-order valence-corrected chi connectivity index (χ4v) is 4.21. The smallest absolute Gasteiger partial charge is 0.150 e. The number of pyridine rings is 1. The van der Waals surface area contributed by atoms with Crippen molar-refractivity contribution in [3.8, 4) is 22.8 Å². The topological polar surface area (TPSA) is 67.6 Å². The first-order valence-corrected chi connectivity index (χ1v) is 11.2. The number of benzene rings is 1. The summed E-state index contributed by atoms with van der Waals surface area (Å²) in [6, 6.07) is 8.16. The lowest BCUT2D eigenvalue weighted by atomic mass is 10.1. The highest BCUT2D eigenvalue weighted by molar-refractivity contribution is 5.94. The quantitative estimate of drug-likeness (QED) is 0.563. The molecule has 2 aromatic heterocycles. The predicted octanol–water partition coefficient (Wildman–Crippen LogP) is 4.75. The molecule has 3 atom stereocenters. The minimum absolute atomic E-state index is 0.0432. The molecule has 0 spiro atoms. The van der Waals surface area contributed by atoms with E-state index in [1.54, 1.807) is 6.20 Å². The first-order chi connectivity index (χ1) is 15.2. The lowest BCUT2D eigenvalue weighted by molar-refractivity contribution is -0.0365. The van der Waals surface area contributed by atoms with Gasteiger partial charge in [-0.1, -0.05) is 0 Å². The van der Waals surface area contributed by atoms with Gasteiger partial charge >= 0.3 is 0 Å². The van der Waals surface area contributed by atoms with E-state index in [4.69, 9.17) is 24.0 Å². The maximum absolute atomic E-state index is 6.19. The van der Waals surface area contributed by atoms with Crippen molar-refractivity contribution in [3.05, 3.63) is 36.7 Å². The van der Waals surface area contributed by atoms with Crippen molar-refractivity contribution >= 4 is 10.9 Å². The third-order valence-electron chi connectivity index (χ3n) is 5.79.